The number of Topliss-reactive ketones (excluding diaryl/α,β-unsaturated/α-hetero) is 1. The van der Waals surface area contributed by atoms with Gasteiger partial charge in [-0.3, -0.25) is 14.4 Å². The van der Waals surface area contributed by atoms with E-state index in [-0.39, 0.29) is 49.9 Å². The van der Waals surface area contributed by atoms with Gasteiger partial charge in [0.05, 0.1) is 54.3 Å². The van der Waals surface area contributed by atoms with Gasteiger partial charge in [0.15, 0.2) is 5.75 Å². The van der Waals surface area contributed by atoms with Crippen molar-refractivity contribution >= 4 is 51.1 Å². The second-order valence-corrected chi connectivity index (χ2v) is 16.5. The first-order chi connectivity index (χ1) is 29.8. The molecule has 17 heteroatoms. The van der Waals surface area contributed by atoms with Crippen LogP contribution in [-0.2, 0) is 33.3 Å². The molecule has 0 radical (unpaired) electrons. The van der Waals surface area contributed by atoms with E-state index in [0.29, 0.717) is 45.5 Å². The van der Waals surface area contributed by atoms with Crippen LogP contribution in [0.5, 0.6) is 17.2 Å². The Morgan fingerprint density at radius 2 is 1.59 bits per heavy atom. The van der Waals surface area contributed by atoms with Gasteiger partial charge < -0.3 is 64.0 Å². The Morgan fingerprint density at radius 1 is 0.937 bits per heavy atom. The predicted octanol–water partition coefficient (Wildman–Crippen LogP) is 5.80. The first-order valence-electron chi connectivity index (χ1n) is 21.5. The first kappa shape index (κ1) is 48.8. The molecule has 5 rings (SSSR count). The number of phenols is 2. The number of carbonyl (C=O) groups excluding carboxylic acids is 3. The number of imidazole rings is 1. The van der Waals surface area contributed by atoms with Gasteiger partial charge in [0, 0.05) is 87.5 Å². The van der Waals surface area contributed by atoms with Gasteiger partial charge in [-0.1, -0.05) is 45.9 Å². The molecule has 9 atom stereocenters. The number of aromatic hydroxyl groups is 2. The molecule has 6 N–H and O–H groups in total. The lowest BCUT2D eigenvalue weighted by atomic mass is 9.78. The van der Waals surface area contributed by atoms with E-state index < -0.39 is 83.0 Å². The number of carbonyl (C=O) groups is 3. The van der Waals surface area contributed by atoms with Crippen molar-refractivity contribution in [3.8, 4) is 17.2 Å². The summed E-state index contributed by atoms with van der Waals surface area (Å²) in [5, 5.41) is 49.6. The third kappa shape index (κ3) is 9.97. The quantitative estimate of drug-likeness (QED) is 0.0759. The number of esters is 1. The van der Waals surface area contributed by atoms with Crippen LogP contribution >= 0.6 is 0 Å². The van der Waals surface area contributed by atoms with Crippen LogP contribution in [0.3, 0.4) is 0 Å². The van der Waals surface area contributed by atoms with Crippen LogP contribution in [0, 0.1) is 30.6 Å². The van der Waals surface area contributed by atoms with Crippen molar-refractivity contribution in [1.82, 2.24) is 9.97 Å². The molecule has 0 fully saturated rings. The van der Waals surface area contributed by atoms with Crippen LogP contribution in [0.2, 0.25) is 0 Å². The Balaban J connectivity index is 1.75. The molecule has 17 nitrogen and oxygen atoms in total. The molecule has 0 saturated heterocycles. The van der Waals surface area contributed by atoms with Crippen molar-refractivity contribution in [3.05, 3.63) is 47.3 Å². The van der Waals surface area contributed by atoms with Crippen LogP contribution < -0.4 is 15.0 Å². The van der Waals surface area contributed by atoms with Gasteiger partial charge in [0.1, 0.15) is 28.8 Å². The Bertz CT molecular complexity index is 2240. The number of aromatic amines is 1. The summed E-state index contributed by atoms with van der Waals surface area (Å²) in [7, 11) is 1.46. The van der Waals surface area contributed by atoms with Crippen LogP contribution in [0.4, 0.5) is 11.6 Å². The third-order valence-electron chi connectivity index (χ3n) is 12.2. The van der Waals surface area contributed by atoms with E-state index >= 15 is 0 Å². The first-order valence-corrected chi connectivity index (χ1v) is 21.5. The van der Waals surface area contributed by atoms with Gasteiger partial charge in [0.25, 0.3) is 11.7 Å². The topological polar surface area (TPSA) is 231 Å². The molecule has 1 aromatic heterocycles. The van der Waals surface area contributed by atoms with E-state index in [1.807, 2.05) is 18.7 Å². The lowest BCUT2D eigenvalue weighted by molar-refractivity contribution is -0.160. The summed E-state index contributed by atoms with van der Waals surface area (Å²) in [4.78, 5) is 51.2. The molecule has 4 bridgehead atoms. The number of anilines is 2. The minimum absolute atomic E-state index is 0.00324. The number of aliphatic hydroxyl groups is 2. The van der Waals surface area contributed by atoms with Gasteiger partial charge in [-0.15, -0.1) is 0 Å². The van der Waals surface area contributed by atoms with Crippen LogP contribution in [0.25, 0.3) is 21.8 Å². The van der Waals surface area contributed by atoms with Gasteiger partial charge in [-0.25, -0.2) is 4.98 Å². The molecule has 0 unspecified atom stereocenters. The van der Waals surface area contributed by atoms with Crippen molar-refractivity contribution in [2.45, 2.75) is 99.4 Å². The predicted molar refractivity (Wildman–Crippen MR) is 237 cm³/mol. The summed E-state index contributed by atoms with van der Waals surface area (Å²) < 4.78 is 35.3. The molecule has 0 saturated carbocycles. The molecule has 0 aliphatic carbocycles. The van der Waals surface area contributed by atoms with E-state index in [0.717, 1.165) is 0 Å². The number of H-pyrrole nitrogens is 1. The number of benzene rings is 2. The number of fused-ring (bicyclic) bond motifs is 1. The number of nitrogens with zero attached hydrogens (tertiary/aromatic N) is 2. The maximum absolute atomic E-state index is 14.7. The number of phenolic OH excluding ortho intramolecular Hbond substituents is 2. The van der Waals surface area contributed by atoms with Gasteiger partial charge in [-0.2, -0.15) is 0 Å². The highest BCUT2D eigenvalue weighted by Crippen LogP contribution is 2.54. The second kappa shape index (κ2) is 20.5. The maximum atomic E-state index is 14.7. The van der Waals surface area contributed by atoms with Crippen LogP contribution in [-0.4, -0.2) is 125 Å². The number of hydrogen-bond donors (Lipinski definition) is 6. The highest BCUT2D eigenvalue weighted by molar-refractivity contribution is 6.28. The molecule has 2 aromatic carbocycles. The minimum Gasteiger partial charge on any atom is -0.507 e. The zero-order valence-corrected chi connectivity index (χ0v) is 38.1. The molecule has 3 heterocycles. The fourth-order valence-electron chi connectivity index (χ4n) is 8.31. The van der Waals surface area contributed by atoms with Crippen LogP contribution in [0.15, 0.2) is 36.1 Å². The monoisotopic (exact) mass is 880 g/mol. The van der Waals surface area contributed by atoms with Crippen molar-refractivity contribution in [2.75, 3.05) is 56.8 Å². The number of methoxy groups -OCH3 is 1. The lowest BCUT2D eigenvalue weighted by Crippen LogP contribution is -2.46. The third-order valence-corrected chi connectivity index (χ3v) is 12.2. The summed E-state index contributed by atoms with van der Waals surface area (Å²) in [6.45, 7) is 19.0. The average Bonchev–Trinajstić information content (AvgIpc) is 3.80. The highest BCUT2D eigenvalue weighted by atomic mass is 16.7. The number of allylic oxidation sites excluding steroid dienone is 2. The Morgan fingerprint density at radius 3 is 2.19 bits per heavy atom. The number of ether oxygens (including phenoxy) is 6. The number of aliphatic hydroxyl groups excluding tert-OH is 2. The zero-order chi connectivity index (χ0) is 46.5. The van der Waals surface area contributed by atoms with Crippen molar-refractivity contribution in [2.24, 2.45) is 23.7 Å². The van der Waals surface area contributed by atoms with E-state index in [9.17, 15) is 34.8 Å². The fourth-order valence-corrected chi connectivity index (χ4v) is 8.31. The number of aromatic nitrogens is 2. The summed E-state index contributed by atoms with van der Waals surface area (Å²) in [6.07, 6.45) is 3.79. The zero-order valence-electron chi connectivity index (χ0n) is 38.1. The molecular formula is C46H64N4O13. The number of hydrogen-bond acceptors (Lipinski definition) is 15. The maximum Gasteiger partial charge on any atom is 0.312 e. The number of ketones is 1. The molecule has 63 heavy (non-hydrogen) atoms. The van der Waals surface area contributed by atoms with E-state index in [4.69, 9.17) is 33.4 Å². The van der Waals surface area contributed by atoms with Gasteiger partial charge >= 0.3 is 11.8 Å². The van der Waals surface area contributed by atoms with Crippen molar-refractivity contribution in [1.29, 1.82) is 0 Å². The SMILES string of the molecule is CCOCCN(CCOCC)c1nc2c([nH]1)c1c(O)c3c(O)c(C)c4c(c32)C(=O)[C@@](C)(O/C=C/[C@H](OC)[C@@H](C)[C@@H](OC(C)=O)[C@H](C)[C@H](O)[C@H](C)[C@@H](O)[C@@H](C)/C=C/C=C(/C)C(=O)N1)O4. The van der Waals surface area contributed by atoms with Gasteiger partial charge in [0.2, 0.25) is 5.95 Å². The van der Waals surface area contributed by atoms with Gasteiger partial charge in [-0.05, 0) is 33.8 Å². The standard InChI is InChI=1S/C46H64N4O13/c1-12-59-21-18-50(19-22-60-13-2)45-48-34-31-32-39(54)28(8)42-33(31)43(56)46(10,63-42)61-20-17-30(58-11)25(5)41(62-29(9)51)27(7)38(53)26(6)37(52)23(3)15-14-16-24(4)44(57)47-36(40(32)55)35(34)49-45/h14-17,20,23,25-27,30,37-38,41,52-55H,12-13,18-19,21-22H2,1-11H3,(H,47,57)(H,48,49)/b15-14+,20-17+,24-16-/t23-,25+,26+,27+,30-,37-,38+,41+,46-/m0/s1. The summed E-state index contributed by atoms with van der Waals surface area (Å²) >= 11 is 0. The molecule has 1 amide bonds. The fraction of sp³-hybridized carbons (Fsp3) is 0.565. The summed E-state index contributed by atoms with van der Waals surface area (Å²) in [6, 6.07) is 0. The number of nitrogens with one attached hydrogen (secondary N) is 2. The van der Waals surface area contributed by atoms with Crippen LogP contribution in [0.1, 0.15) is 78.2 Å². The summed E-state index contributed by atoms with van der Waals surface area (Å²) in [5.74, 6) is -6.90. The van der Waals surface area contributed by atoms with Crippen molar-refractivity contribution < 1.29 is 63.2 Å². The second-order valence-electron chi connectivity index (χ2n) is 16.5. The largest absolute Gasteiger partial charge is 0.507 e. The molecular weight excluding hydrogens is 817 g/mol. The molecule has 0 spiro atoms. The molecule has 346 valence electrons. The Kier molecular flexibility index (Phi) is 15.9. The molecule has 2 aliphatic heterocycles. The van der Waals surface area contributed by atoms with Crippen molar-refractivity contribution in [3.63, 3.8) is 0 Å². The Labute approximate surface area is 368 Å². The lowest BCUT2D eigenvalue weighted by Gasteiger charge is -2.38. The smallest absolute Gasteiger partial charge is 0.312 e. The minimum atomic E-state index is -1.99. The van der Waals surface area contributed by atoms with E-state index in [1.54, 1.807) is 52.8 Å². The van der Waals surface area contributed by atoms with E-state index in [2.05, 4.69) is 10.3 Å². The summed E-state index contributed by atoms with van der Waals surface area (Å²) in [5.41, 5.74) is 0.525. The highest BCUT2D eigenvalue weighted by Gasteiger charge is 2.50. The number of amides is 1. The Hall–Kier alpha value is -5.20. The molecule has 2 aliphatic rings. The average molecular weight is 881 g/mol. The van der Waals surface area contributed by atoms with E-state index in [1.165, 1.54) is 40.2 Å². The number of rotatable bonds is 11. The molecule has 3 aromatic rings. The normalized spacial score (nSPS) is 28.9.